The van der Waals surface area contributed by atoms with Crippen LogP contribution < -0.4 is 14.8 Å². The van der Waals surface area contributed by atoms with Gasteiger partial charge < -0.3 is 24.3 Å². The minimum absolute atomic E-state index is 0.117. The second-order valence-corrected chi connectivity index (χ2v) is 10.1. The maximum absolute atomic E-state index is 13.9. The quantitative estimate of drug-likeness (QED) is 0.377. The molecule has 0 saturated carbocycles. The van der Waals surface area contributed by atoms with Gasteiger partial charge in [-0.2, -0.15) is 0 Å². The molecule has 0 saturated heterocycles. The van der Waals surface area contributed by atoms with Crippen molar-refractivity contribution in [2.45, 2.75) is 32.7 Å². The lowest BCUT2D eigenvalue weighted by Gasteiger charge is -2.25. The first-order chi connectivity index (χ1) is 17.1. The molecule has 2 aromatic heterocycles. The molecule has 0 aliphatic heterocycles. The van der Waals surface area contributed by atoms with E-state index in [1.165, 1.54) is 6.33 Å². The van der Waals surface area contributed by atoms with Crippen molar-refractivity contribution in [3.63, 3.8) is 0 Å². The molecule has 0 bridgehead atoms. The van der Waals surface area contributed by atoms with Crippen LogP contribution in [0.2, 0.25) is 0 Å². The average molecular weight is 488 g/mol. The fourth-order valence-electron chi connectivity index (χ4n) is 4.26. The highest BCUT2D eigenvalue weighted by Crippen LogP contribution is 2.39. The summed E-state index contributed by atoms with van der Waals surface area (Å²) >= 11 is 0. The maximum atomic E-state index is 13.9. The molecule has 0 atom stereocenters. The van der Waals surface area contributed by atoms with Gasteiger partial charge in [-0.25, -0.2) is 9.97 Å². The molecule has 0 unspecified atom stereocenters. The Morgan fingerprint density at radius 1 is 1.11 bits per heavy atom. The number of amides is 1. The Morgan fingerprint density at radius 2 is 1.86 bits per heavy atom. The molecule has 2 aromatic carbocycles. The summed E-state index contributed by atoms with van der Waals surface area (Å²) in [5.41, 5.74) is 3.85. The van der Waals surface area contributed by atoms with Crippen molar-refractivity contribution in [1.29, 1.82) is 0 Å². The van der Waals surface area contributed by atoms with Gasteiger partial charge in [-0.05, 0) is 43.3 Å². The Morgan fingerprint density at radius 3 is 2.50 bits per heavy atom. The fraction of sp³-hybridized carbons (Fsp3) is 0.321. The first-order valence-electron chi connectivity index (χ1n) is 11.8. The second-order valence-electron chi connectivity index (χ2n) is 10.1. The van der Waals surface area contributed by atoms with Crippen LogP contribution >= 0.6 is 0 Å². The molecule has 0 radical (unpaired) electrons. The van der Waals surface area contributed by atoms with Gasteiger partial charge in [0.2, 0.25) is 5.88 Å². The summed E-state index contributed by atoms with van der Waals surface area (Å²) in [6, 6.07) is 13.5. The number of rotatable bonds is 7. The molecule has 0 fully saturated rings. The summed E-state index contributed by atoms with van der Waals surface area (Å²) in [5.74, 6) is 1.12. The van der Waals surface area contributed by atoms with Crippen LogP contribution in [0, 0.1) is 0 Å². The predicted octanol–water partition coefficient (Wildman–Crippen LogP) is 5.38. The summed E-state index contributed by atoms with van der Waals surface area (Å²) in [7, 11) is 7.49. The Labute approximate surface area is 211 Å². The molecule has 2 heterocycles. The van der Waals surface area contributed by atoms with E-state index in [-0.39, 0.29) is 11.3 Å². The summed E-state index contributed by atoms with van der Waals surface area (Å²) in [4.78, 5) is 24.1. The zero-order valence-corrected chi connectivity index (χ0v) is 21.9. The number of fused-ring (bicyclic) bond motifs is 1. The van der Waals surface area contributed by atoms with Crippen molar-refractivity contribution in [1.82, 2.24) is 19.4 Å². The van der Waals surface area contributed by atoms with E-state index in [0.717, 1.165) is 22.0 Å². The number of nitrogens with zero attached hydrogens (tertiary/aromatic N) is 4. The third kappa shape index (κ3) is 5.04. The van der Waals surface area contributed by atoms with E-state index in [1.807, 2.05) is 56.0 Å². The molecule has 8 nitrogen and oxygen atoms in total. The van der Waals surface area contributed by atoms with Crippen LogP contribution in [0.3, 0.4) is 0 Å². The Balaban J connectivity index is 1.83. The fourth-order valence-corrected chi connectivity index (χ4v) is 4.26. The van der Waals surface area contributed by atoms with Gasteiger partial charge in [-0.15, -0.1) is 0 Å². The van der Waals surface area contributed by atoms with Gasteiger partial charge in [0.1, 0.15) is 12.1 Å². The van der Waals surface area contributed by atoms with E-state index in [4.69, 9.17) is 9.47 Å². The van der Waals surface area contributed by atoms with Crippen LogP contribution in [-0.4, -0.2) is 46.5 Å². The standard InChI is InChI=1S/C28H33N5O3/c1-28(2,3)19-14-18(16-32(4)5)25(35-7)21(15-19)31-27(34)24-26(36-23-12-13-29-17-30-23)20-10-8-9-11-22(20)33(24)6/h8-15,17H,16H2,1-7H3,(H,31,34). The molecule has 4 rings (SSSR count). The molecule has 0 aliphatic rings. The van der Waals surface area contributed by atoms with Gasteiger partial charge >= 0.3 is 0 Å². The largest absolute Gasteiger partial charge is 0.494 e. The van der Waals surface area contributed by atoms with Crippen LogP contribution in [-0.2, 0) is 19.0 Å². The highest BCUT2D eigenvalue weighted by Gasteiger charge is 2.26. The predicted molar refractivity (Wildman–Crippen MR) is 142 cm³/mol. The van der Waals surface area contributed by atoms with Crippen LogP contribution in [0.15, 0.2) is 55.0 Å². The molecule has 0 spiro atoms. The molecule has 188 valence electrons. The number of anilines is 1. The number of carbonyl (C=O) groups excluding carboxylic acids is 1. The monoisotopic (exact) mass is 487 g/mol. The number of aromatic nitrogens is 3. The second kappa shape index (κ2) is 9.99. The van der Waals surface area contributed by atoms with E-state index >= 15 is 0 Å². The normalized spacial score (nSPS) is 11.7. The number of hydrogen-bond acceptors (Lipinski definition) is 6. The van der Waals surface area contributed by atoms with Gasteiger partial charge in [0, 0.05) is 36.8 Å². The molecule has 1 amide bonds. The average Bonchev–Trinajstić information content (AvgIpc) is 3.10. The van der Waals surface area contributed by atoms with E-state index in [9.17, 15) is 4.79 Å². The van der Waals surface area contributed by atoms with Crippen molar-refractivity contribution in [3.8, 4) is 17.4 Å². The van der Waals surface area contributed by atoms with Gasteiger partial charge in [0.15, 0.2) is 11.4 Å². The summed E-state index contributed by atoms with van der Waals surface area (Å²) < 4.78 is 13.8. The molecular weight excluding hydrogens is 454 g/mol. The molecule has 4 aromatic rings. The number of hydrogen-bond donors (Lipinski definition) is 1. The number of benzene rings is 2. The molecule has 8 heteroatoms. The maximum Gasteiger partial charge on any atom is 0.276 e. The van der Waals surface area contributed by atoms with E-state index < -0.39 is 0 Å². The Kier molecular flexibility index (Phi) is 6.99. The third-order valence-electron chi connectivity index (χ3n) is 6.01. The van der Waals surface area contributed by atoms with Gasteiger partial charge in [0.05, 0.1) is 18.3 Å². The minimum atomic E-state index is -0.307. The number of ether oxygens (including phenoxy) is 2. The van der Waals surface area contributed by atoms with Gasteiger partial charge in [-0.3, -0.25) is 4.79 Å². The smallest absolute Gasteiger partial charge is 0.276 e. The highest BCUT2D eigenvalue weighted by molar-refractivity contribution is 6.10. The first-order valence-corrected chi connectivity index (χ1v) is 11.8. The number of para-hydroxylation sites is 1. The van der Waals surface area contributed by atoms with E-state index in [0.29, 0.717) is 35.3 Å². The zero-order valence-electron chi connectivity index (χ0n) is 21.9. The SMILES string of the molecule is COc1c(CN(C)C)cc(C(C)(C)C)cc1NC(=O)c1c(Oc2ccncn2)c2ccccc2n1C. The summed E-state index contributed by atoms with van der Waals surface area (Å²) in [6.07, 6.45) is 3.01. The van der Waals surface area contributed by atoms with Crippen LogP contribution in [0.4, 0.5) is 5.69 Å². The Bertz CT molecular complexity index is 1390. The van der Waals surface area contributed by atoms with Crippen molar-refractivity contribution in [2.24, 2.45) is 7.05 Å². The lowest BCUT2D eigenvalue weighted by molar-refractivity contribution is 0.101. The van der Waals surface area contributed by atoms with Crippen molar-refractivity contribution >= 4 is 22.5 Å². The zero-order chi connectivity index (χ0) is 26.0. The topological polar surface area (TPSA) is 81.5 Å². The molecular formula is C28H33N5O3. The highest BCUT2D eigenvalue weighted by atomic mass is 16.5. The lowest BCUT2D eigenvalue weighted by Crippen LogP contribution is -2.20. The molecule has 1 N–H and O–H groups in total. The molecule has 0 aliphatic carbocycles. The third-order valence-corrected chi connectivity index (χ3v) is 6.01. The molecule has 36 heavy (non-hydrogen) atoms. The van der Waals surface area contributed by atoms with Crippen molar-refractivity contribution in [2.75, 3.05) is 26.5 Å². The van der Waals surface area contributed by atoms with Gasteiger partial charge in [-0.1, -0.05) is 39.0 Å². The summed E-state index contributed by atoms with van der Waals surface area (Å²) in [6.45, 7) is 7.12. The number of carbonyl (C=O) groups is 1. The minimum Gasteiger partial charge on any atom is -0.494 e. The van der Waals surface area contributed by atoms with E-state index in [2.05, 4.69) is 47.0 Å². The van der Waals surface area contributed by atoms with Crippen LogP contribution in [0.25, 0.3) is 10.9 Å². The summed E-state index contributed by atoms with van der Waals surface area (Å²) in [5, 5.41) is 3.93. The van der Waals surface area contributed by atoms with Crippen LogP contribution in [0.5, 0.6) is 17.4 Å². The Hall–Kier alpha value is -3.91. The van der Waals surface area contributed by atoms with E-state index in [1.54, 1.807) is 19.4 Å². The van der Waals surface area contributed by atoms with Crippen LogP contribution in [0.1, 0.15) is 42.4 Å². The number of aryl methyl sites for hydroxylation is 1. The lowest BCUT2D eigenvalue weighted by atomic mass is 9.85. The first kappa shape index (κ1) is 25.2. The number of methoxy groups -OCH3 is 1. The van der Waals surface area contributed by atoms with Crippen molar-refractivity contribution in [3.05, 3.63) is 71.8 Å². The van der Waals surface area contributed by atoms with Gasteiger partial charge in [0.25, 0.3) is 5.91 Å². The number of nitrogens with one attached hydrogen (secondary N) is 1. The van der Waals surface area contributed by atoms with Crippen molar-refractivity contribution < 1.29 is 14.3 Å².